The molecule has 2 aliphatic rings. The SMILES string of the molecule is Brc1ccc(-c2ccc3c(c2)-c2cc(-c4ccc(C5=CCCC=C5)cc4)ccc2C=C(c2ccc(-c4ccccc4)cc2)C3)cc1. The summed E-state index contributed by atoms with van der Waals surface area (Å²) in [6.07, 6.45) is 12.4. The van der Waals surface area contributed by atoms with Crippen LogP contribution in [0.3, 0.4) is 0 Å². The molecule has 0 unspecified atom stereocenters. The lowest BCUT2D eigenvalue weighted by Crippen LogP contribution is -1.93. The Balaban J connectivity index is 1.22. The Morgan fingerprint density at radius 1 is 0.457 bits per heavy atom. The van der Waals surface area contributed by atoms with Gasteiger partial charge in [-0.25, -0.2) is 0 Å². The van der Waals surface area contributed by atoms with Crippen molar-refractivity contribution in [2.45, 2.75) is 19.3 Å². The van der Waals surface area contributed by atoms with Crippen molar-refractivity contribution in [3.05, 3.63) is 184 Å². The molecule has 0 aromatic heterocycles. The van der Waals surface area contributed by atoms with E-state index in [4.69, 9.17) is 0 Å². The molecular formula is C45H33Br. The Labute approximate surface area is 280 Å². The predicted octanol–water partition coefficient (Wildman–Crippen LogP) is 12.9. The van der Waals surface area contributed by atoms with Crippen LogP contribution in [0.15, 0.2) is 162 Å². The van der Waals surface area contributed by atoms with Crippen molar-refractivity contribution in [2.24, 2.45) is 0 Å². The Bertz CT molecular complexity index is 2130. The molecule has 2 aliphatic carbocycles. The zero-order valence-corrected chi connectivity index (χ0v) is 27.2. The number of hydrogen-bond donors (Lipinski definition) is 0. The summed E-state index contributed by atoms with van der Waals surface area (Å²) in [4.78, 5) is 0. The molecule has 220 valence electrons. The first-order chi connectivity index (χ1) is 22.7. The van der Waals surface area contributed by atoms with Crippen LogP contribution in [0, 0.1) is 0 Å². The summed E-state index contributed by atoms with van der Waals surface area (Å²) in [6, 6.07) is 51.3. The van der Waals surface area contributed by atoms with Crippen LogP contribution in [0.2, 0.25) is 0 Å². The summed E-state index contributed by atoms with van der Waals surface area (Å²) in [6.45, 7) is 0. The van der Waals surface area contributed by atoms with Crippen LogP contribution in [0.1, 0.15) is 35.1 Å². The Hall–Kier alpha value is -4.98. The molecule has 0 atom stereocenters. The number of rotatable bonds is 5. The van der Waals surface area contributed by atoms with E-state index in [1.807, 2.05) is 0 Å². The van der Waals surface area contributed by atoms with Crippen molar-refractivity contribution in [1.82, 2.24) is 0 Å². The monoisotopic (exact) mass is 652 g/mol. The highest BCUT2D eigenvalue weighted by Crippen LogP contribution is 2.41. The molecule has 0 nitrogen and oxygen atoms in total. The van der Waals surface area contributed by atoms with Gasteiger partial charge in [-0.1, -0.05) is 155 Å². The Morgan fingerprint density at radius 2 is 1.02 bits per heavy atom. The molecule has 6 aromatic carbocycles. The number of halogens is 1. The van der Waals surface area contributed by atoms with Gasteiger partial charge in [-0.15, -0.1) is 0 Å². The van der Waals surface area contributed by atoms with E-state index in [2.05, 4.69) is 180 Å². The Morgan fingerprint density at radius 3 is 1.72 bits per heavy atom. The van der Waals surface area contributed by atoms with Crippen LogP contribution in [-0.2, 0) is 6.42 Å². The number of benzene rings is 6. The van der Waals surface area contributed by atoms with Crippen molar-refractivity contribution < 1.29 is 0 Å². The summed E-state index contributed by atoms with van der Waals surface area (Å²) in [5.74, 6) is 0. The lowest BCUT2D eigenvalue weighted by atomic mass is 9.89. The standard InChI is InChI=1S/C45H33Br/c46-43-25-23-36(24-26-43)39-20-22-41-28-42(37-17-13-34(14-18-37)32-9-5-2-6-10-32)27-40-21-19-38(29-44(40)45(41)30-39)35-15-11-33(12-16-35)31-7-3-1-4-8-31/h2-3,5-27,29-30H,1,4,28H2. The summed E-state index contributed by atoms with van der Waals surface area (Å²) < 4.78 is 1.09. The van der Waals surface area contributed by atoms with E-state index >= 15 is 0 Å². The normalized spacial score (nSPS) is 13.7. The maximum absolute atomic E-state index is 3.60. The molecule has 0 fully saturated rings. The molecular weight excluding hydrogens is 620 g/mol. The fourth-order valence-electron chi connectivity index (χ4n) is 6.72. The third-order valence-electron chi connectivity index (χ3n) is 9.25. The molecule has 0 saturated heterocycles. The molecule has 0 spiro atoms. The minimum atomic E-state index is 0.877. The zero-order chi connectivity index (χ0) is 30.9. The highest BCUT2D eigenvalue weighted by atomic mass is 79.9. The lowest BCUT2D eigenvalue weighted by molar-refractivity contribution is 1.04. The second kappa shape index (κ2) is 12.4. The van der Waals surface area contributed by atoms with Crippen molar-refractivity contribution >= 4 is 33.2 Å². The average Bonchev–Trinajstić information content (AvgIpc) is 3.29. The fourth-order valence-corrected chi connectivity index (χ4v) is 6.98. The molecule has 0 amide bonds. The van der Waals surface area contributed by atoms with Crippen molar-refractivity contribution in [1.29, 1.82) is 0 Å². The van der Waals surface area contributed by atoms with E-state index in [0.717, 1.165) is 23.7 Å². The summed E-state index contributed by atoms with van der Waals surface area (Å²) >= 11 is 3.60. The number of fused-ring (bicyclic) bond motifs is 3. The summed E-state index contributed by atoms with van der Waals surface area (Å²) in [7, 11) is 0. The third-order valence-corrected chi connectivity index (χ3v) is 9.78. The quantitative estimate of drug-likeness (QED) is 0.174. The number of allylic oxidation sites excluding steroid dienone is 5. The van der Waals surface area contributed by atoms with Gasteiger partial charge in [0.25, 0.3) is 0 Å². The zero-order valence-electron chi connectivity index (χ0n) is 25.6. The van der Waals surface area contributed by atoms with E-state index in [1.165, 1.54) is 77.9 Å². The Kier molecular flexibility index (Phi) is 7.70. The molecule has 1 heteroatoms. The third kappa shape index (κ3) is 5.75. The molecule has 46 heavy (non-hydrogen) atoms. The molecule has 0 N–H and O–H groups in total. The fraction of sp³-hybridized carbons (Fsp3) is 0.0667. The van der Waals surface area contributed by atoms with E-state index in [1.54, 1.807) is 0 Å². The van der Waals surface area contributed by atoms with Gasteiger partial charge in [0.2, 0.25) is 0 Å². The van der Waals surface area contributed by atoms with Gasteiger partial charge in [-0.3, -0.25) is 0 Å². The second-order valence-corrected chi connectivity index (χ2v) is 13.1. The molecule has 0 heterocycles. The van der Waals surface area contributed by atoms with E-state index in [0.29, 0.717) is 0 Å². The van der Waals surface area contributed by atoms with Crippen molar-refractivity contribution in [3.63, 3.8) is 0 Å². The molecule has 0 aliphatic heterocycles. The minimum absolute atomic E-state index is 0.877. The second-order valence-electron chi connectivity index (χ2n) is 12.2. The van der Waals surface area contributed by atoms with Gasteiger partial charge in [0, 0.05) is 4.47 Å². The highest BCUT2D eigenvalue weighted by molar-refractivity contribution is 9.10. The number of hydrogen-bond acceptors (Lipinski definition) is 0. The van der Waals surface area contributed by atoms with Crippen LogP contribution < -0.4 is 0 Å². The molecule has 8 rings (SSSR count). The molecule has 0 saturated carbocycles. The largest absolute Gasteiger partial charge is 0.0836 e. The molecule has 6 aromatic rings. The van der Waals surface area contributed by atoms with Gasteiger partial charge < -0.3 is 0 Å². The van der Waals surface area contributed by atoms with Gasteiger partial charge in [0.1, 0.15) is 0 Å². The van der Waals surface area contributed by atoms with E-state index in [9.17, 15) is 0 Å². The van der Waals surface area contributed by atoms with Crippen LogP contribution in [-0.4, -0.2) is 0 Å². The van der Waals surface area contributed by atoms with Crippen molar-refractivity contribution in [3.8, 4) is 44.5 Å². The highest BCUT2D eigenvalue weighted by Gasteiger charge is 2.19. The van der Waals surface area contributed by atoms with Crippen LogP contribution in [0.4, 0.5) is 0 Å². The van der Waals surface area contributed by atoms with E-state index in [-0.39, 0.29) is 0 Å². The first-order valence-corrected chi connectivity index (χ1v) is 16.8. The maximum atomic E-state index is 3.60. The molecule has 0 bridgehead atoms. The first kappa shape index (κ1) is 28.5. The van der Waals surface area contributed by atoms with Crippen molar-refractivity contribution in [2.75, 3.05) is 0 Å². The lowest BCUT2D eigenvalue weighted by Gasteiger charge is -2.15. The topological polar surface area (TPSA) is 0 Å². The van der Waals surface area contributed by atoms with Gasteiger partial charge >= 0.3 is 0 Å². The summed E-state index contributed by atoms with van der Waals surface area (Å²) in [5, 5.41) is 0. The van der Waals surface area contributed by atoms with Gasteiger partial charge in [-0.2, -0.15) is 0 Å². The molecule has 0 radical (unpaired) electrons. The van der Waals surface area contributed by atoms with Crippen LogP contribution in [0.25, 0.3) is 61.7 Å². The summed E-state index contributed by atoms with van der Waals surface area (Å²) in [5.41, 5.74) is 17.8. The minimum Gasteiger partial charge on any atom is -0.0836 e. The maximum Gasteiger partial charge on any atom is 0.0175 e. The van der Waals surface area contributed by atoms with Gasteiger partial charge in [0.05, 0.1) is 0 Å². The average molecular weight is 654 g/mol. The van der Waals surface area contributed by atoms with Crippen LogP contribution in [0.5, 0.6) is 0 Å². The van der Waals surface area contributed by atoms with Crippen LogP contribution >= 0.6 is 15.9 Å². The van der Waals surface area contributed by atoms with E-state index < -0.39 is 0 Å². The van der Waals surface area contributed by atoms with Gasteiger partial charge in [0.15, 0.2) is 0 Å². The first-order valence-electron chi connectivity index (χ1n) is 16.1. The van der Waals surface area contributed by atoms with Gasteiger partial charge in [-0.05, 0) is 121 Å². The smallest absolute Gasteiger partial charge is 0.0175 e. The predicted molar refractivity (Wildman–Crippen MR) is 200 cm³/mol.